The summed E-state index contributed by atoms with van der Waals surface area (Å²) in [6, 6.07) is 4.59. The molecule has 1 aromatic rings. The highest BCUT2D eigenvalue weighted by Crippen LogP contribution is 2.38. The van der Waals surface area contributed by atoms with Gasteiger partial charge in [0, 0.05) is 12.7 Å². The summed E-state index contributed by atoms with van der Waals surface area (Å²) in [5.74, 6) is 1.12. The molecule has 1 aromatic carbocycles. The van der Waals surface area contributed by atoms with Crippen molar-refractivity contribution in [2.45, 2.75) is 111 Å². The van der Waals surface area contributed by atoms with Crippen molar-refractivity contribution in [1.29, 1.82) is 0 Å². The molecule has 0 amide bonds. The zero-order chi connectivity index (χ0) is 25.0. The molecular formula is C27H44O4S. The first-order valence-electron chi connectivity index (χ1n) is 11.8. The minimum Gasteiger partial charge on any atom is -0.366 e. The van der Waals surface area contributed by atoms with Crippen LogP contribution in [-0.4, -0.2) is 31.8 Å². The molecule has 0 aliphatic rings. The highest BCUT2D eigenvalue weighted by Gasteiger charge is 2.26. The first-order valence-corrected chi connectivity index (χ1v) is 13.7. The summed E-state index contributed by atoms with van der Waals surface area (Å²) < 4.78 is 30.4. The summed E-state index contributed by atoms with van der Waals surface area (Å²) in [4.78, 5) is 12.0. The molecule has 4 nitrogen and oxygen atoms in total. The average Bonchev–Trinajstić information content (AvgIpc) is 2.64. The van der Waals surface area contributed by atoms with Crippen LogP contribution >= 0.6 is 0 Å². The van der Waals surface area contributed by atoms with Crippen LogP contribution in [-0.2, 0) is 19.4 Å². The van der Waals surface area contributed by atoms with Crippen molar-refractivity contribution in [3.05, 3.63) is 46.0 Å². The lowest BCUT2D eigenvalue weighted by Gasteiger charge is -2.30. The van der Waals surface area contributed by atoms with Crippen LogP contribution in [0.4, 0.5) is 0 Å². The molecule has 0 aliphatic heterocycles. The Morgan fingerprint density at radius 2 is 1.38 bits per heavy atom. The van der Waals surface area contributed by atoms with Gasteiger partial charge in [0.15, 0.2) is 9.84 Å². The van der Waals surface area contributed by atoms with E-state index >= 15 is 0 Å². The normalized spacial score (nSPS) is 16.0. The number of sulfone groups is 1. The Morgan fingerprint density at radius 1 is 0.906 bits per heavy atom. The topological polar surface area (TPSA) is 60.4 Å². The maximum absolute atomic E-state index is 12.0. The van der Waals surface area contributed by atoms with Gasteiger partial charge in [0.1, 0.15) is 5.78 Å². The molecule has 0 N–H and O–H groups in total. The van der Waals surface area contributed by atoms with Gasteiger partial charge in [0.2, 0.25) is 0 Å². The van der Waals surface area contributed by atoms with Crippen LogP contribution in [0.15, 0.2) is 23.8 Å². The lowest BCUT2D eigenvalue weighted by molar-refractivity contribution is -0.120. The van der Waals surface area contributed by atoms with Gasteiger partial charge in [-0.3, -0.25) is 4.79 Å². The fourth-order valence-electron chi connectivity index (χ4n) is 3.97. The van der Waals surface area contributed by atoms with Crippen molar-refractivity contribution in [2.75, 3.05) is 6.26 Å². The quantitative estimate of drug-likeness (QED) is 0.336. The van der Waals surface area contributed by atoms with Crippen molar-refractivity contribution in [3.8, 4) is 0 Å². The number of hydrogen-bond acceptors (Lipinski definition) is 4. The Balaban J connectivity index is 3.51. The fraction of sp³-hybridized carbons (Fsp3) is 0.667. The number of hydrogen-bond donors (Lipinski definition) is 0. The molecule has 0 spiro atoms. The number of benzene rings is 1. The largest absolute Gasteiger partial charge is 0.366 e. The van der Waals surface area contributed by atoms with Crippen molar-refractivity contribution in [3.63, 3.8) is 0 Å². The summed E-state index contributed by atoms with van der Waals surface area (Å²) in [6.45, 7) is 20.3. The molecule has 0 fully saturated rings. The summed E-state index contributed by atoms with van der Waals surface area (Å²) >= 11 is 0. The van der Waals surface area contributed by atoms with Gasteiger partial charge < -0.3 is 4.74 Å². The molecule has 0 heterocycles. The molecule has 32 heavy (non-hydrogen) atoms. The van der Waals surface area contributed by atoms with Crippen LogP contribution in [0.5, 0.6) is 0 Å². The number of ether oxygens (including phenoxy) is 1. The molecule has 0 bridgehead atoms. The maximum atomic E-state index is 12.0. The second-order valence-electron chi connectivity index (χ2n) is 10.2. The molecule has 0 saturated carbocycles. The molecule has 5 heteroatoms. The lowest BCUT2D eigenvalue weighted by Crippen LogP contribution is -2.23. The Kier molecular flexibility index (Phi) is 10.4. The Hall–Kier alpha value is -1.46. The second-order valence-corrected chi connectivity index (χ2v) is 12.6. The van der Waals surface area contributed by atoms with Gasteiger partial charge in [-0.15, -0.1) is 0 Å². The van der Waals surface area contributed by atoms with E-state index in [1.54, 1.807) is 19.9 Å². The average molecular weight is 465 g/mol. The van der Waals surface area contributed by atoms with Crippen LogP contribution in [0, 0.1) is 0 Å². The van der Waals surface area contributed by atoms with E-state index in [1.165, 1.54) is 28.5 Å². The van der Waals surface area contributed by atoms with E-state index in [0.717, 1.165) is 5.57 Å². The van der Waals surface area contributed by atoms with Crippen LogP contribution in [0.3, 0.4) is 0 Å². The zero-order valence-corrected chi connectivity index (χ0v) is 22.8. The zero-order valence-electron chi connectivity index (χ0n) is 21.9. The van der Waals surface area contributed by atoms with Crippen molar-refractivity contribution in [2.24, 2.45) is 0 Å². The van der Waals surface area contributed by atoms with Crippen LogP contribution < -0.4 is 0 Å². The van der Waals surface area contributed by atoms with Gasteiger partial charge in [-0.1, -0.05) is 59.8 Å². The van der Waals surface area contributed by atoms with Gasteiger partial charge in [0.25, 0.3) is 0 Å². The van der Waals surface area contributed by atoms with Crippen LogP contribution in [0.2, 0.25) is 0 Å². The summed E-state index contributed by atoms with van der Waals surface area (Å²) in [5, 5.41) is -0.626. The SMILES string of the molecule is CC(=O)C[C@H](O[C@H](C)c1c(C(C)C)cc(C(C)C)cc1C(C)C)/C(C)=C\[C@@H](C)S(C)(=O)=O. The van der Waals surface area contributed by atoms with E-state index in [0.29, 0.717) is 17.8 Å². The number of ketones is 1. The highest BCUT2D eigenvalue weighted by molar-refractivity contribution is 7.91. The maximum Gasteiger partial charge on any atom is 0.153 e. The molecule has 182 valence electrons. The van der Waals surface area contributed by atoms with Gasteiger partial charge in [0.05, 0.1) is 17.5 Å². The van der Waals surface area contributed by atoms with Crippen LogP contribution in [0.1, 0.15) is 122 Å². The van der Waals surface area contributed by atoms with Crippen molar-refractivity contribution in [1.82, 2.24) is 0 Å². The Morgan fingerprint density at radius 3 is 1.72 bits per heavy atom. The number of rotatable bonds is 11. The van der Waals surface area contributed by atoms with Crippen LogP contribution in [0.25, 0.3) is 0 Å². The number of carbonyl (C=O) groups is 1. The first kappa shape index (κ1) is 28.6. The molecule has 0 aromatic heterocycles. The number of carbonyl (C=O) groups excluding carboxylic acids is 1. The van der Waals surface area contributed by atoms with Gasteiger partial charge in [-0.05, 0) is 73.3 Å². The minimum absolute atomic E-state index is 0.0188. The summed E-state index contributed by atoms with van der Waals surface area (Å²) in [6.07, 6.45) is 2.47. The Bertz CT molecular complexity index is 894. The van der Waals surface area contributed by atoms with E-state index in [9.17, 15) is 13.2 Å². The predicted octanol–water partition coefficient (Wildman–Crippen LogP) is 6.86. The van der Waals surface area contributed by atoms with E-state index in [2.05, 4.69) is 53.7 Å². The Labute approximate surface area is 196 Å². The van der Waals surface area contributed by atoms with E-state index < -0.39 is 21.2 Å². The first-order chi connectivity index (χ1) is 14.6. The molecule has 1 rings (SSSR count). The third kappa shape index (κ3) is 7.84. The smallest absolute Gasteiger partial charge is 0.153 e. The number of Topliss-reactive ketones (excluding diaryl/α,β-unsaturated/α-hetero) is 1. The van der Waals surface area contributed by atoms with E-state index in [1.807, 2.05) is 13.8 Å². The lowest BCUT2D eigenvalue weighted by atomic mass is 9.82. The molecule has 0 saturated heterocycles. The standard InChI is InChI=1S/C27H44O4S/c1-16(2)23-14-24(17(3)4)27(25(15-23)18(5)6)22(10)31-26(13-20(8)28)19(7)12-21(9)32(11,29)30/h12,14-18,21-22,26H,13H2,1-11H3/b19-12-/t21-,22-,26+/m1/s1. The summed E-state index contributed by atoms with van der Waals surface area (Å²) in [7, 11) is -3.21. The third-order valence-corrected chi connectivity index (χ3v) is 7.59. The molecule has 0 unspecified atom stereocenters. The second kappa shape index (κ2) is 11.6. The fourth-order valence-corrected chi connectivity index (χ4v) is 4.44. The predicted molar refractivity (Wildman–Crippen MR) is 135 cm³/mol. The molecule has 3 atom stereocenters. The van der Waals surface area contributed by atoms with Gasteiger partial charge >= 0.3 is 0 Å². The molecular weight excluding hydrogens is 420 g/mol. The van der Waals surface area contributed by atoms with Crippen molar-refractivity contribution < 1.29 is 17.9 Å². The van der Waals surface area contributed by atoms with Gasteiger partial charge in [-0.2, -0.15) is 0 Å². The van der Waals surface area contributed by atoms with Crippen molar-refractivity contribution >= 4 is 15.6 Å². The van der Waals surface area contributed by atoms with Gasteiger partial charge in [-0.25, -0.2) is 8.42 Å². The van der Waals surface area contributed by atoms with E-state index in [-0.39, 0.29) is 18.3 Å². The summed E-state index contributed by atoms with van der Waals surface area (Å²) in [5.41, 5.74) is 5.85. The highest BCUT2D eigenvalue weighted by atomic mass is 32.2. The van der Waals surface area contributed by atoms with E-state index in [4.69, 9.17) is 4.74 Å². The molecule has 0 radical (unpaired) electrons. The monoisotopic (exact) mass is 464 g/mol. The molecule has 0 aliphatic carbocycles. The third-order valence-electron chi connectivity index (χ3n) is 6.11. The minimum atomic E-state index is -3.21.